The second-order valence-electron chi connectivity index (χ2n) is 17.1. The average Bonchev–Trinajstić information content (AvgIpc) is 3.67. The van der Waals surface area contributed by atoms with E-state index >= 15 is 0 Å². The van der Waals surface area contributed by atoms with E-state index < -0.39 is 0 Å². The molecule has 0 unspecified atom stereocenters. The maximum Gasteiger partial charge on any atom is 0.0540 e. The minimum Gasteiger partial charge on any atom is -0.310 e. The second-order valence-corrected chi connectivity index (χ2v) is 17.1. The van der Waals surface area contributed by atoms with Gasteiger partial charge < -0.3 is 9.80 Å². The topological polar surface area (TPSA) is 6.48 Å². The molecule has 0 spiro atoms. The smallest absolute Gasteiger partial charge is 0.0540 e. The highest BCUT2D eigenvalue weighted by atomic mass is 15.1. The molecule has 302 valence electrons. The van der Waals surface area contributed by atoms with Gasteiger partial charge in [-0.2, -0.15) is 0 Å². The van der Waals surface area contributed by atoms with Gasteiger partial charge in [0.25, 0.3) is 0 Å². The first-order chi connectivity index (χ1) is 31.6. The molecule has 0 aliphatic heterocycles. The summed E-state index contributed by atoms with van der Waals surface area (Å²) >= 11 is 0. The van der Waals surface area contributed by atoms with Crippen LogP contribution in [0.4, 0.5) is 34.1 Å². The van der Waals surface area contributed by atoms with Gasteiger partial charge in [-0.15, -0.1) is 0 Å². The van der Waals surface area contributed by atoms with E-state index in [9.17, 15) is 0 Å². The molecule has 0 N–H and O–H groups in total. The molecule has 0 radical (unpaired) electrons. The quantitative estimate of drug-likeness (QED) is 0.151. The van der Waals surface area contributed by atoms with Crippen molar-refractivity contribution < 1.29 is 0 Å². The number of nitrogens with zero attached hydrogens (tertiary/aromatic N) is 2. The number of fused-ring (bicyclic) bond motifs is 5. The molecule has 0 saturated heterocycles. The van der Waals surface area contributed by atoms with Crippen molar-refractivity contribution in [2.24, 2.45) is 0 Å². The highest BCUT2D eigenvalue weighted by Crippen LogP contribution is 2.53. The molecular formula is C62H44N2. The largest absolute Gasteiger partial charge is 0.310 e. The minimum atomic E-state index is 1.10. The summed E-state index contributed by atoms with van der Waals surface area (Å²) in [6, 6.07) is 84.8. The summed E-state index contributed by atoms with van der Waals surface area (Å²) in [5, 5.41) is 7.52. The monoisotopic (exact) mass is 816 g/mol. The molecule has 0 bridgehead atoms. The summed E-state index contributed by atoms with van der Waals surface area (Å²) < 4.78 is 0. The Bertz CT molecular complexity index is 3430. The van der Waals surface area contributed by atoms with Crippen molar-refractivity contribution in [3.8, 4) is 44.5 Å². The van der Waals surface area contributed by atoms with Crippen LogP contribution in [-0.2, 0) is 0 Å². The zero-order chi connectivity index (χ0) is 42.7. The Balaban J connectivity index is 0.999. The van der Waals surface area contributed by atoms with Crippen molar-refractivity contribution in [2.75, 3.05) is 9.80 Å². The Morgan fingerprint density at radius 1 is 0.266 bits per heavy atom. The summed E-state index contributed by atoms with van der Waals surface area (Å²) in [6.07, 6.45) is 0. The molecular weight excluding hydrogens is 773 g/mol. The van der Waals surface area contributed by atoms with Crippen LogP contribution in [0.2, 0.25) is 0 Å². The number of hydrogen-bond acceptors (Lipinski definition) is 2. The van der Waals surface area contributed by atoms with Crippen molar-refractivity contribution in [1.82, 2.24) is 0 Å². The van der Waals surface area contributed by atoms with Crippen molar-refractivity contribution in [1.29, 1.82) is 0 Å². The van der Waals surface area contributed by atoms with Crippen molar-refractivity contribution in [2.45, 2.75) is 13.8 Å². The Hall–Kier alpha value is -8.20. The Labute approximate surface area is 374 Å². The van der Waals surface area contributed by atoms with E-state index in [0.717, 1.165) is 34.1 Å². The van der Waals surface area contributed by atoms with Gasteiger partial charge in [-0.05, 0) is 158 Å². The van der Waals surface area contributed by atoms with Crippen LogP contribution in [0.1, 0.15) is 11.1 Å². The van der Waals surface area contributed by atoms with Crippen LogP contribution < -0.4 is 9.80 Å². The van der Waals surface area contributed by atoms with Gasteiger partial charge in [0.05, 0.1) is 5.69 Å². The molecule has 11 aromatic rings. The molecule has 64 heavy (non-hydrogen) atoms. The minimum absolute atomic E-state index is 1.10. The number of rotatable bonds is 8. The van der Waals surface area contributed by atoms with Crippen LogP contribution in [-0.4, -0.2) is 0 Å². The fourth-order valence-electron chi connectivity index (χ4n) is 10.0. The number of aryl methyl sites for hydroxylation is 2. The zero-order valence-corrected chi connectivity index (χ0v) is 35.8. The molecule has 1 aliphatic carbocycles. The van der Waals surface area contributed by atoms with E-state index in [4.69, 9.17) is 0 Å². The number of anilines is 6. The van der Waals surface area contributed by atoms with E-state index in [1.807, 2.05) is 0 Å². The molecule has 0 amide bonds. The SMILES string of the molecule is Cc1ccc(N(c2cccc(C)c2)c2ccc3c(c2)-c2cccc4c(N(c5ccc(-c6cccc7ccccc67)cc5)c5ccc(-c6cccc7ccccc67)cc5)ccc-3c24)cc1. The summed E-state index contributed by atoms with van der Waals surface area (Å²) in [4.78, 5) is 4.82. The molecule has 1 aliphatic rings. The summed E-state index contributed by atoms with van der Waals surface area (Å²) in [6.45, 7) is 4.31. The van der Waals surface area contributed by atoms with Crippen LogP contribution in [0.5, 0.6) is 0 Å². The van der Waals surface area contributed by atoms with Crippen molar-refractivity contribution in [3.05, 3.63) is 242 Å². The number of hydrogen-bond donors (Lipinski definition) is 0. The van der Waals surface area contributed by atoms with E-state index in [0.29, 0.717) is 0 Å². The van der Waals surface area contributed by atoms with Gasteiger partial charge in [-0.1, -0.05) is 169 Å². The van der Waals surface area contributed by atoms with Gasteiger partial charge in [0, 0.05) is 33.8 Å². The maximum atomic E-state index is 2.44. The first kappa shape index (κ1) is 37.6. The fourth-order valence-corrected chi connectivity index (χ4v) is 10.0. The van der Waals surface area contributed by atoms with E-state index in [1.165, 1.54) is 88.0 Å². The predicted molar refractivity (Wildman–Crippen MR) is 273 cm³/mol. The van der Waals surface area contributed by atoms with Gasteiger partial charge >= 0.3 is 0 Å². The van der Waals surface area contributed by atoms with Gasteiger partial charge in [-0.3, -0.25) is 0 Å². The fraction of sp³-hybridized carbons (Fsp3) is 0.0323. The normalized spacial score (nSPS) is 11.6. The van der Waals surface area contributed by atoms with E-state index in [2.05, 4.69) is 254 Å². The lowest BCUT2D eigenvalue weighted by Gasteiger charge is -2.28. The van der Waals surface area contributed by atoms with Crippen molar-refractivity contribution >= 4 is 66.4 Å². The van der Waals surface area contributed by atoms with Gasteiger partial charge in [0.15, 0.2) is 0 Å². The molecule has 0 atom stereocenters. The summed E-state index contributed by atoms with van der Waals surface area (Å²) in [7, 11) is 0. The molecule has 11 aromatic carbocycles. The molecule has 0 heterocycles. The van der Waals surface area contributed by atoms with Crippen LogP contribution >= 0.6 is 0 Å². The highest BCUT2D eigenvalue weighted by molar-refractivity contribution is 6.19. The third kappa shape index (κ3) is 6.34. The molecule has 2 nitrogen and oxygen atoms in total. The Morgan fingerprint density at radius 2 is 0.734 bits per heavy atom. The Morgan fingerprint density at radius 3 is 1.38 bits per heavy atom. The lowest BCUT2D eigenvalue weighted by atomic mass is 9.97. The summed E-state index contributed by atoms with van der Waals surface area (Å²) in [5.41, 5.74) is 19.2. The molecule has 0 saturated carbocycles. The first-order valence-corrected chi connectivity index (χ1v) is 22.2. The third-order valence-electron chi connectivity index (χ3n) is 13.1. The highest BCUT2D eigenvalue weighted by Gasteiger charge is 2.27. The number of benzene rings is 11. The molecule has 0 aromatic heterocycles. The predicted octanol–water partition coefficient (Wildman–Crippen LogP) is 17.7. The average molecular weight is 817 g/mol. The lowest BCUT2D eigenvalue weighted by molar-refractivity contribution is 1.26. The van der Waals surface area contributed by atoms with Gasteiger partial charge in [-0.25, -0.2) is 0 Å². The van der Waals surface area contributed by atoms with Gasteiger partial charge in [0.1, 0.15) is 0 Å². The Kier molecular flexibility index (Phi) is 8.98. The first-order valence-electron chi connectivity index (χ1n) is 22.2. The van der Waals surface area contributed by atoms with Crippen LogP contribution in [0.15, 0.2) is 231 Å². The van der Waals surface area contributed by atoms with Crippen LogP contribution in [0.3, 0.4) is 0 Å². The van der Waals surface area contributed by atoms with Crippen LogP contribution in [0, 0.1) is 13.8 Å². The van der Waals surface area contributed by atoms with E-state index in [-0.39, 0.29) is 0 Å². The second kappa shape index (κ2) is 15.3. The summed E-state index contributed by atoms with van der Waals surface area (Å²) in [5.74, 6) is 0. The third-order valence-corrected chi connectivity index (χ3v) is 13.1. The standard InChI is InChI=1S/C62H44N2/c1-41-23-29-47(30-24-41)63(50-16-7-11-42(2)39-50)51-35-36-56-58-37-38-61(59-22-10-21-57(62(58)59)60(56)40-51)64(48-31-25-45(26-32-48)54-19-8-14-43-12-3-5-17-52(43)54)49-33-27-46(28-34-49)55-20-9-15-44-13-4-6-18-53(44)55/h3-40H,1-2H3. The van der Waals surface area contributed by atoms with E-state index in [1.54, 1.807) is 0 Å². The molecule has 12 rings (SSSR count). The van der Waals surface area contributed by atoms with Gasteiger partial charge in [0.2, 0.25) is 0 Å². The maximum absolute atomic E-state index is 2.44. The lowest BCUT2D eigenvalue weighted by Crippen LogP contribution is -2.10. The van der Waals surface area contributed by atoms with Crippen LogP contribution in [0.25, 0.3) is 76.8 Å². The molecule has 0 fully saturated rings. The molecule has 2 heteroatoms. The van der Waals surface area contributed by atoms with Crippen molar-refractivity contribution in [3.63, 3.8) is 0 Å². The zero-order valence-electron chi connectivity index (χ0n) is 35.8.